The number of carbonyl (C=O) groups is 1. The highest BCUT2D eigenvalue weighted by Crippen LogP contribution is 2.26. The van der Waals surface area contributed by atoms with E-state index in [-0.39, 0.29) is 5.54 Å². The molecule has 1 aliphatic heterocycles. The van der Waals surface area contributed by atoms with Crippen LogP contribution >= 0.6 is 0 Å². The number of benzene rings is 1. The summed E-state index contributed by atoms with van der Waals surface area (Å²) in [5, 5.41) is 3.42. The molecule has 0 radical (unpaired) electrons. The van der Waals surface area contributed by atoms with Gasteiger partial charge in [0, 0.05) is 6.42 Å². The Hall–Kier alpha value is -1.15. The third kappa shape index (κ3) is 2.99. The monoisotopic (exact) mass is 245 g/mol. The molecular weight excluding hydrogens is 222 g/mol. The van der Waals surface area contributed by atoms with Gasteiger partial charge in [-0.25, -0.2) is 0 Å². The first-order valence-corrected chi connectivity index (χ1v) is 7.09. The minimum Gasteiger partial charge on any atom is -0.305 e. The van der Waals surface area contributed by atoms with Gasteiger partial charge in [-0.15, -0.1) is 0 Å². The van der Waals surface area contributed by atoms with Crippen molar-refractivity contribution in [2.24, 2.45) is 0 Å². The standard InChI is InChI=1S/C16H23NO/c1-2-16(12-7-13-17-16)15(18)11-6-10-14-8-4-3-5-9-14/h3-5,8-9,17H,2,6-7,10-13H2,1H3. The van der Waals surface area contributed by atoms with Crippen molar-refractivity contribution in [1.82, 2.24) is 5.32 Å². The van der Waals surface area contributed by atoms with Gasteiger partial charge in [-0.1, -0.05) is 37.3 Å². The van der Waals surface area contributed by atoms with Gasteiger partial charge in [-0.05, 0) is 44.2 Å². The van der Waals surface area contributed by atoms with E-state index < -0.39 is 0 Å². The number of aryl methyl sites for hydroxylation is 1. The fraction of sp³-hybridized carbons (Fsp3) is 0.562. The largest absolute Gasteiger partial charge is 0.305 e. The van der Waals surface area contributed by atoms with Crippen LogP contribution < -0.4 is 5.32 Å². The van der Waals surface area contributed by atoms with E-state index in [2.05, 4.69) is 36.5 Å². The second-order valence-electron chi connectivity index (χ2n) is 5.23. The number of rotatable bonds is 6. The Labute approximate surface area is 110 Å². The maximum Gasteiger partial charge on any atom is 0.152 e. The van der Waals surface area contributed by atoms with E-state index in [0.29, 0.717) is 12.2 Å². The Morgan fingerprint density at radius 2 is 2.11 bits per heavy atom. The van der Waals surface area contributed by atoms with Gasteiger partial charge in [0.2, 0.25) is 0 Å². The van der Waals surface area contributed by atoms with Crippen LogP contribution in [0, 0.1) is 0 Å². The van der Waals surface area contributed by atoms with Crippen LogP contribution in [-0.2, 0) is 11.2 Å². The summed E-state index contributed by atoms with van der Waals surface area (Å²) in [6.45, 7) is 3.12. The molecule has 1 unspecified atom stereocenters. The lowest BCUT2D eigenvalue weighted by molar-refractivity contribution is -0.125. The van der Waals surface area contributed by atoms with E-state index in [0.717, 1.165) is 38.6 Å². The van der Waals surface area contributed by atoms with Crippen LogP contribution in [-0.4, -0.2) is 17.9 Å². The maximum atomic E-state index is 12.3. The topological polar surface area (TPSA) is 29.1 Å². The summed E-state index contributed by atoms with van der Waals surface area (Å²) in [6.07, 6.45) is 5.76. The molecule has 0 aromatic heterocycles. The molecule has 2 heteroatoms. The van der Waals surface area contributed by atoms with E-state index >= 15 is 0 Å². The molecular formula is C16H23NO. The lowest BCUT2D eigenvalue weighted by atomic mass is 9.86. The summed E-state index contributed by atoms with van der Waals surface area (Å²) >= 11 is 0. The predicted octanol–water partition coefficient (Wildman–Crippen LogP) is 3.11. The highest BCUT2D eigenvalue weighted by Gasteiger charge is 2.37. The Morgan fingerprint density at radius 1 is 1.33 bits per heavy atom. The smallest absolute Gasteiger partial charge is 0.152 e. The fourth-order valence-electron chi connectivity index (χ4n) is 2.88. The summed E-state index contributed by atoms with van der Waals surface area (Å²) in [6, 6.07) is 10.4. The normalized spacial score (nSPS) is 23.2. The molecule has 0 saturated carbocycles. The van der Waals surface area contributed by atoms with Crippen molar-refractivity contribution in [1.29, 1.82) is 0 Å². The Bertz CT molecular complexity index is 379. The molecule has 1 aromatic carbocycles. The van der Waals surface area contributed by atoms with E-state index in [1.807, 2.05) is 6.07 Å². The maximum absolute atomic E-state index is 12.3. The van der Waals surface area contributed by atoms with Gasteiger partial charge in [0.05, 0.1) is 5.54 Å². The molecule has 1 fully saturated rings. The van der Waals surface area contributed by atoms with Crippen molar-refractivity contribution in [3.05, 3.63) is 35.9 Å². The van der Waals surface area contributed by atoms with Gasteiger partial charge in [0.15, 0.2) is 5.78 Å². The highest BCUT2D eigenvalue weighted by molar-refractivity contribution is 5.88. The molecule has 18 heavy (non-hydrogen) atoms. The van der Waals surface area contributed by atoms with Crippen LogP contribution in [0.5, 0.6) is 0 Å². The molecule has 98 valence electrons. The van der Waals surface area contributed by atoms with Crippen molar-refractivity contribution < 1.29 is 4.79 Å². The van der Waals surface area contributed by atoms with Gasteiger partial charge in [-0.3, -0.25) is 4.79 Å². The zero-order valence-corrected chi connectivity index (χ0v) is 11.2. The number of Topliss-reactive ketones (excluding diaryl/α,β-unsaturated/α-hetero) is 1. The Morgan fingerprint density at radius 3 is 2.72 bits per heavy atom. The van der Waals surface area contributed by atoms with Crippen molar-refractivity contribution in [3.8, 4) is 0 Å². The minimum absolute atomic E-state index is 0.198. The van der Waals surface area contributed by atoms with Crippen LogP contribution in [0.2, 0.25) is 0 Å². The zero-order valence-electron chi connectivity index (χ0n) is 11.2. The summed E-state index contributed by atoms with van der Waals surface area (Å²) in [7, 11) is 0. The summed E-state index contributed by atoms with van der Waals surface area (Å²) < 4.78 is 0. The van der Waals surface area contributed by atoms with E-state index in [4.69, 9.17) is 0 Å². The first kappa shape index (κ1) is 13.3. The van der Waals surface area contributed by atoms with E-state index in [1.165, 1.54) is 5.56 Å². The molecule has 1 saturated heterocycles. The van der Waals surface area contributed by atoms with Gasteiger partial charge >= 0.3 is 0 Å². The van der Waals surface area contributed by atoms with Gasteiger partial charge in [0.25, 0.3) is 0 Å². The van der Waals surface area contributed by atoms with Gasteiger partial charge in [-0.2, -0.15) is 0 Å². The van der Waals surface area contributed by atoms with Crippen LogP contribution in [0.3, 0.4) is 0 Å². The first-order chi connectivity index (χ1) is 8.77. The molecule has 2 nitrogen and oxygen atoms in total. The average Bonchev–Trinajstić information content (AvgIpc) is 2.90. The molecule has 0 bridgehead atoms. The van der Waals surface area contributed by atoms with Crippen LogP contribution in [0.25, 0.3) is 0 Å². The number of hydrogen-bond acceptors (Lipinski definition) is 2. The van der Waals surface area contributed by atoms with Gasteiger partial charge in [0.1, 0.15) is 0 Å². The molecule has 1 aliphatic rings. The first-order valence-electron chi connectivity index (χ1n) is 7.09. The molecule has 2 rings (SSSR count). The quantitative estimate of drug-likeness (QED) is 0.834. The SMILES string of the molecule is CCC1(C(=O)CCCc2ccccc2)CCCN1. The summed E-state index contributed by atoms with van der Waals surface area (Å²) in [4.78, 5) is 12.3. The van der Waals surface area contributed by atoms with Gasteiger partial charge < -0.3 is 5.32 Å². The molecule has 1 aromatic rings. The van der Waals surface area contributed by atoms with Crippen molar-refractivity contribution in [3.63, 3.8) is 0 Å². The average molecular weight is 245 g/mol. The van der Waals surface area contributed by atoms with Crippen molar-refractivity contribution >= 4 is 5.78 Å². The molecule has 0 amide bonds. The van der Waals surface area contributed by atoms with Crippen LogP contribution in [0.15, 0.2) is 30.3 Å². The number of hydrogen-bond donors (Lipinski definition) is 1. The fourth-order valence-corrected chi connectivity index (χ4v) is 2.88. The number of carbonyl (C=O) groups excluding carboxylic acids is 1. The molecule has 0 aliphatic carbocycles. The number of nitrogens with one attached hydrogen (secondary N) is 1. The summed E-state index contributed by atoms with van der Waals surface area (Å²) in [5.74, 6) is 0.415. The third-order valence-electron chi connectivity index (χ3n) is 4.09. The molecule has 1 N–H and O–H groups in total. The lowest BCUT2D eigenvalue weighted by Gasteiger charge is -2.26. The second-order valence-corrected chi connectivity index (χ2v) is 5.23. The van der Waals surface area contributed by atoms with Crippen molar-refractivity contribution in [2.45, 2.75) is 51.0 Å². The number of ketones is 1. The highest BCUT2D eigenvalue weighted by atomic mass is 16.1. The third-order valence-corrected chi connectivity index (χ3v) is 4.09. The zero-order chi connectivity index (χ0) is 12.8. The van der Waals surface area contributed by atoms with Crippen LogP contribution in [0.1, 0.15) is 44.6 Å². The van der Waals surface area contributed by atoms with Crippen LogP contribution in [0.4, 0.5) is 0 Å². The summed E-state index contributed by atoms with van der Waals surface area (Å²) in [5.41, 5.74) is 1.13. The second kappa shape index (κ2) is 6.14. The molecule has 1 atom stereocenters. The molecule has 1 heterocycles. The van der Waals surface area contributed by atoms with Crippen molar-refractivity contribution in [2.75, 3.05) is 6.54 Å². The predicted molar refractivity (Wildman–Crippen MR) is 74.6 cm³/mol. The van der Waals surface area contributed by atoms with E-state index in [9.17, 15) is 4.79 Å². The molecule has 0 spiro atoms. The Kier molecular flexibility index (Phi) is 4.54. The minimum atomic E-state index is -0.198. The van der Waals surface area contributed by atoms with E-state index in [1.54, 1.807) is 0 Å². The Balaban J connectivity index is 1.81. The lowest BCUT2D eigenvalue weighted by Crippen LogP contribution is -2.46.